The third kappa shape index (κ3) is 6.27. The van der Waals surface area contributed by atoms with Gasteiger partial charge in [-0.05, 0) is 23.9 Å². The van der Waals surface area contributed by atoms with Crippen LogP contribution in [-0.4, -0.2) is 91.8 Å². The molecule has 15 nitrogen and oxygen atoms in total. The van der Waals surface area contributed by atoms with Crippen molar-refractivity contribution in [1.29, 1.82) is 0 Å². The summed E-state index contributed by atoms with van der Waals surface area (Å²) in [4.78, 5) is 51.7. The zero-order valence-electron chi connectivity index (χ0n) is 20.3. The van der Waals surface area contributed by atoms with Gasteiger partial charge in [0.2, 0.25) is 12.2 Å². The van der Waals surface area contributed by atoms with E-state index in [2.05, 4.69) is 5.32 Å². The molecule has 16 heteroatoms. The molecule has 0 aliphatic carbocycles. The number of carbonyl (C=O) groups is 2. The van der Waals surface area contributed by atoms with Crippen molar-refractivity contribution in [3.05, 3.63) is 67.3 Å². The molecule has 0 aromatic carbocycles. The monoisotopic (exact) mass is 568 g/mol. The normalized spacial score (nSPS) is 29.3. The van der Waals surface area contributed by atoms with E-state index in [1.54, 1.807) is 0 Å². The molecule has 4 rings (SSSR count). The Hall–Kier alpha value is -3.38. The topological polar surface area (TPSA) is 236 Å². The molecule has 39 heavy (non-hydrogen) atoms. The van der Waals surface area contributed by atoms with Crippen LogP contribution in [0.3, 0.4) is 0 Å². The van der Waals surface area contributed by atoms with Crippen LogP contribution in [-0.2, 0) is 30.2 Å². The zero-order valence-corrected chi connectivity index (χ0v) is 21.1. The minimum absolute atomic E-state index is 0.256. The second-order valence-electron chi connectivity index (χ2n) is 8.89. The van der Waals surface area contributed by atoms with Crippen LogP contribution in [0.25, 0.3) is 0 Å². The van der Waals surface area contributed by atoms with Crippen molar-refractivity contribution < 1.29 is 44.2 Å². The van der Waals surface area contributed by atoms with Crippen LogP contribution < -0.4 is 22.3 Å². The smallest absolute Gasteiger partial charge is 0.330 e. The van der Waals surface area contributed by atoms with E-state index in [0.717, 1.165) is 27.8 Å². The molecule has 212 valence electrons. The predicted molar refractivity (Wildman–Crippen MR) is 132 cm³/mol. The van der Waals surface area contributed by atoms with Gasteiger partial charge in [0.25, 0.3) is 11.5 Å². The first-order valence-corrected chi connectivity index (χ1v) is 12.7. The lowest BCUT2D eigenvalue weighted by Gasteiger charge is -2.35. The molecule has 2 aliphatic heterocycles. The van der Waals surface area contributed by atoms with Crippen LogP contribution >= 0.6 is 11.3 Å². The molecule has 0 spiro atoms. The van der Waals surface area contributed by atoms with Gasteiger partial charge in [0, 0.05) is 29.6 Å². The first kappa shape index (κ1) is 28.6. The van der Waals surface area contributed by atoms with Crippen molar-refractivity contribution in [2.24, 2.45) is 11.7 Å². The third-order valence-electron chi connectivity index (χ3n) is 6.30. The molecule has 2 aromatic heterocycles. The van der Waals surface area contributed by atoms with Gasteiger partial charge < -0.3 is 45.7 Å². The number of aromatic amines is 1. The minimum Gasteiger partial charge on any atom is -0.456 e. The summed E-state index contributed by atoms with van der Waals surface area (Å²) >= 11 is 1.52. The lowest BCUT2D eigenvalue weighted by molar-refractivity contribution is -0.239. The van der Waals surface area contributed by atoms with Crippen LogP contribution in [0, 0.1) is 5.92 Å². The molecule has 1 fully saturated rings. The molecule has 0 bridgehead atoms. The fourth-order valence-electron chi connectivity index (χ4n) is 4.29. The van der Waals surface area contributed by atoms with Crippen LogP contribution in [0.4, 0.5) is 0 Å². The number of nitrogens with two attached hydrogens (primary N) is 1. The lowest BCUT2D eigenvalue weighted by atomic mass is 9.94. The number of aliphatic hydroxyl groups excluding tert-OH is 4. The molecule has 0 unspecified atom stereocenters. The average molecular weight is 569 g/mol. The second-order valence-corrected chi connectivity index (χ2v) is 9.92. The van der Waals surface area contributed by atoms with Gasteiger partial charge in [-0.1, -0.05) is 6.07 Å². The number of nitrogens with one attached hydrogen (secondary N) is 2. The number of ether oxygens (including phenoxy) is 3. The number of nitrogens with zero attached hydrogens (tertiary/aromatic N) is 1. The van der Waals surface area contributed by atoms with Gasteiger partial charge in [-0.15, -0.1) is 11.3 Å². The Morgan fingerprint density at radius 2 is 2.00 bits per heavy atom. The van der Waals surface area contributed by atoms with E-state index in [0.29, 0.717) is 6.42 Å². The number of H-pyrrole nitrogens is 1. The predicted octanol–water partition coefficient (Wildman–Crippen LogP) is -3.34. The highest BCUT2D eigenvalue weighted by Gasteiger charge is 2.51. The summed E-state index contributed by atoms with van der Waals surface area (Å²) in [6, 6.07) is 4.79. The molecule has 0 radical (unpaired) electrons. The molecule has 2 aliphatic rings. The highest BCUT2D eigenvalue weighted by atomic mass is 32.1. The van der Waals surface area contributed by atoms with Crippen molar-refractivity contribution in [3.63, 3.8) is 0 Å². The van der Waals surface area contributed by atoms with Crippen LogP contribution in [0.15, 0.2) is 51.2 Å². The number of primary amides is 1. The van der Waals surface area contributed by atoms with Crippen molar-refractivity contribution in [2.45, 2.75) is 49.5 Å². The highest BCUT2D eigenvalue weighted by Crippen LogP contribution is 2.36. The lowest BCUT2D eigenvalue weighted by Crippen LogP contribution is -2.53. The van der Waals surface area contributed by atoms with E-state index < -0.39 is 78.6 Å². The van der Waals surface area contributed by atoms with E-state index in [-0.39, 0.29) is 12.3 Å². The third-order valence-corrected chi connectivity index (χ3v) is 7.24. The van der Waals surface area contributed by atoms with E-state index in [1.165, 1.54) is 11.3 Å². The van der Waals surface area contributed by atoms with Crippen molar-refractivity contribution >= 4 is 23.2 Å². The van der Waals surface area contributed by atoms with Crippen molar-refractivity contribution in [1.82, 2.24) is 14.9 Å². The number of thiophene rings is 1. The maximum Gasteiger partial charge on any atom is 0.330 e. The molecule has 2 aromatic rings. The number of aromatic nitrogens is 2. The summed E-state index contributed by atoms with van der Waals surface area (Å²) in [6.45, 7) is -0.478. The Bertz CT molecular complexity index is 1310. The van der Waals surface area contributed by atoms with Gasteiger partial charge in [-0.25, -0.2) is 4.79 Å². The first-order valence-electron chi connectivity index (χ1n) is 11.9. The van der Waals surface area contributed by atoms with Gasteiger partial charge in [0.1, 0.15) is 24.4 Å². The number of hydrogen-bond acceptors (Lipinski definition) is 12. The van der Waals surface area contributed by atoms with E-state index in [4.69, 9.17) is 19.9 Å². The Morgan fingerprint density at radius 1 is 1.23 bits per heavy atom. The fourth-order valence-corrected chi connectivity index (χ4v) is 5.00. The number of amides is 2. The quantitative estimate of drug-likeness (QED) is 0.150. The summed E-state index contributed by atoms with van der Waals surface area (Å²) < 4.78 is 17.5. The van der Waals surface area contributed by atoms with Crippen molar-refractivity contribution in [2.75, 3.05) is 13.2 Å². The van der Waals surface area contributed by atoms with Gasteiger partial charge in [-0.3, -0.25) is 23.9 Å². The fraction of sp³-hybridized carbons (Fsp3) is 0.478. The molecule has 8 atom stereocenters. The summed E-state index contributed by atoms with van der Waals surface area (Å²) in [5, 5.41) is 45.9. The second kappa shape index (κ2) is 12.2. The Labute approximate surface area is 224 Å². The first-order chi connectivity index (χ1) is 18.6. The van der Waals surface area contributed by atoms with Gasteiger partial charge >= 0.3 is 5.69 Å². The molecule has 8 N–H and O–H groups in total. The zero-order chi connectivity index (χ0) is 28.3. The molecular weight excluding hydrogens is 540 g/mol. The van der Waals surface area contributed by atoms with Crippen LogP contribution in [0.2, 0.25) is 0 Å². The highest BCUT2D eigenvalue weighted by molar-refractivity contribution is 7.09. The summed E-state index contributed by atoms with van der Waals surface area (Å²) in [7, 11) is 0. The van der Waals surface area contributed by atoms with Crippen molar-refractivity contribution in [3.8, 4) is 0 Å². The maximum absolute atomic E-state index is 12.6. The SMILES string of the molecule is NC(=O)[C@H](O[C@H]1OC(C(=O)NCCc2cccs2)=C[C@H](O)[C@@H]1O)[C@H]1O[C@@H](n2ccc(=O)[nH]c2=O)[C@H](O)[C@@H]1CO. The molecule has 1 saturated heterocycles. The summed E-state index contributed by atoms with van der Waals surface area (Å²) in [6.07, 6.45) is -8.82. The average Bonchev–Trinajstić information content (AvgIpc) is 3.52. The van der Waals surface area contributed by atoms with Gasteiger partial charge in [-0.2, -0.15) is 0 Å². The number of hydrogen-bond donors (Lipinski definition) is 7. The number of carbonyl (C=O) groups excluding carboxylic acids is 2. The van der Waals surface area contributed by atoms with Crippen LogP contribution in [0.1, 0.15) is 11.1 Å². The van der Waals surface area contributed by atoms with E-state index in [1.807, 2.05) is 22.5 Å². The molecule has 2 amide bonds. The Kier molecular flexibility index (Phi) is 8.96. The number of aliphatic hydroxyl groups is 4. The van der Waals surface area contributed by atoms with E-state index in [9.17, 15) is 39.6 Å². The Morgan fingerprint density at radius 3 is 2.64 bits per heavy atom. The van der Waals surface area contributed by atoms with Gasteiger partial charge in [0.15, 0.2) is 18.1 Å². The van der Waals surface area contributed by atoms with Crippen LogP contribution in [0.5, 0.6) is 0 Å². The maximum atomic E-state index is 12.6. The standard InChI is InChI=1S/C23H28N4O11S/c24-19(33)18(17-11(9-28)15(31)21(37-17)27-6-4-14(30)26-23(27)35)38-22-16(32)12(29)8-13(36-22)20(34)25-5-3-10-2-1-7-39-10/h1-2,4,6-8,11-12,15-18,21-22,28-29,31-32H,3,5,9H2,(H2,24,33)(H,25,34)(H,26,30,35)/t11-,12-,15+,16-,17-,18+,21+,22+/m0/s1. The molecule has 4 heterocycles. The minimum atomic E-state index is -1.78. The summed E-state index contributed by atoms with van der Waals surface area (Å²) in [5.41, 5.74) is 3.88. The van der Waals surface area contributed by atoms with E-state index >= 15 is 0 Å². The molecule has 0 saturated carbocycles. The molecular formula is C23H28N4O11S. The van der Waals surface area contributed by atoms with Gasteiger partial charge in [0.05, 0.1) is 6.61 Å². The largest absolute Gasteiger partial charge is 0.456 e. The number of rotatable bonds is 10. The summed E-state index contributed by atoms with van der Waals surface area (Å²) in [5.74, 6) is -3.45. The Balaban J connectivity index is 1.49.